The number of nitrogens with zero attached hydrogens (tertiary/aromatic N) is 1. The molecule has 0 spiro atoms. The second kappa shape index (κ2) is 7.43. The monoisotopic (exact) mass is 340 g/mol. The largest absolute Gasteiger partial charge is 0.496 e. The Kier molecular flexibility index (Phi) is 5.87. The maximum absolute atomic E-state index is 5.50. The van der Waals surface area contributed by atoms with E-state index in [4.69, 9.17) is 4.74 Å². The maximum atomic E-state index is 5.50. The molecule has 0 radical (unpaired) electrons. The summed E-state index contributed by atoms with van der Waals surface area (Å²) in [5, 5.41) is 3.64. The zero-order valence-electron chi connectivity index (χ0n) is 12.7. The van der Waals surface area contributed by atoms with Crippen LogP contribution < -0.4 is 10.1 Å². The van der Waals surface area contributed by atoms with Crippen LogP contribution in [0.1, 0.15) is 32.3 Å². The minimum Gasteiger partial charge on any atom is -0.496 e. The van der Waals surface area contributed by atoms with E-state index in [0.717, 1.165) is 29.9 Å². The molecule has 2 unspecified atom stereocenters. The number of hydrogen-bond donors (Lipinski definition) is 1. The van der Waals surface area contributed by atoms with Crippen molar-refractivity contribution in [2.75, 3.05) is 20.2 Å². The Bertz CT molecular complexity index is 438. The lowest BCUT2D eigenvalue weighted by molar-refractivity contribution is 0.192. The third-order valence-electron chi connectivity index (χ3n) is 4.18. The average Bonchev–Trinajstić information content (AvgIpc) is 2.61. The highest BCUT2D eigenvalue weighted by Crippen LogP contribution is 2.26. The van der Waals surface area contributed by atoms with Gasteiger partial charge in [0.05, 0.1) is 7.11 Å². The fourth-order valence-corrected chi connectivity index (χ4v) is 3.20. The molecule has 1 aromatic carbocycles. The van der Waals surface area contributed by atoms with E-state index >= 15 is 0 Å². The number of nitrogens with one attached hydrogen (secondary N) is 1. The number of rotatable bonds is 4. The molecule has 3 nitrogen and oxygen atoms in total. The standard InChI is InChI=1S/C16H25BrN2O/c1-4-15-11-19(12(2)7-8-18-15)10-13-9-14(17)5-6-16(13)20-3/h5-6,9,12,15,18H,4,7-8,10-11H2,1-3H3. The highest BCUT2D eigenvalue weighted by atomic mass is 79.9. The molecule has 112 valence electrons. The van der Waals surface area contributed by atoms with Gasteiger partial charge in [-0.3, -0.25) is 4.90 Å². The molecule has 1 aromatic rings. The highest BCUT2D eigenvalue weighted by molar-refractivity contribution is 9.10. The van der Waals surface area contributed by atoms with Gasteiger partial charge in [-0.2, -0.15) is 0 Å². The summed E-state index contributed by atoms with van der Waals surface area (Å²) in [7, 11) is 1.75. The van der Waals surface area contributed by atoms with Gasteiger partial charge in [0.25, 0.3) is 0 Å². The number of methoxy groups -OCH3 is 1. The first-order chi connectivity index (χ1) is 9.63. The van der Waals surface area contributed by atoms with Crippen LogP contribution >= 0.6 is 15.9 Å². The van der Waals surface area contributed by atoms with Gasteiger partial charge >= 0.3 is 0 Å². The fourth-order valence-electron chi connectivity index (χ4n) is 2.79. The van der Waals surface area contributed by atoms with Gasteiger partial charge < -0.3 is 10.1 Å². The van der Waals surface area contributed by atoms with E-state index < -0.39 is 0 Å². The Hall–Kier alpha value is -0.580. The summed E-state index contributed by atoms with van der Waals surface area (Å²) in [6, 6.07) is 7.44. The minimum absolute atomic E-state index is 0.595. The SMILES string of the molecule is CCC1CN(Cc2cc(Br)ccc2OC)C(C)CCN1. The van der Waals surface area contributed by atoms with Crippen LogP contribution in [0, 0.1) is 0 Å². The lowest BCUT2D eigenvalue weighted by atomic mass is 10.1. The van der Waals surface area contributed by atoms with E-state index in [2.05, 4.69) is 46.1 Å². The number of ether oxygens (including phenoxy) is 1. The van der Waals surface area contributed by atoms with E-state index in [1.54, 1.807) is 7.11 Å². The van der Waals surface area contributed by atoms with Gasteiger partial charge in [-0.15, -0.1) is 0 Å². The molecule has 0 saturated carbocycles. The second-order valence-corrected chi connectivity index (χ2v) is 6.50. The van der Waals surface area contributed by atoms with Gasteiger partial charge in [-0.1, -0.05) is 22.9 Å². The second-order valence-electron chi connectivity index (χ2n) is 5.58. The van der Waals surface area contributed by atoms with Crippen LogP contribution in [0.3, 0.4) is 0 Å². The van der Waals surface area contributed by atoms with Crippen LogP contribution in [0.4, 0.5) is 0 Å². The summed E-state index contributed by atoms with van der Waals surface area (Å²) in [4.78, 5) is 2.57. The molecule has 4 heteroatoms. The van der Waals surface area contributed by atoms with Crippen LogP contribution in [0.15, 0.2) is 22.7 Å². The van der Waals surface area contributed by atoms with Crippen molar-refractivity contribution >= 4 is 15.9 Å². The fraction of sp³-hybridized carbons (Fsp3) is 0.625. The zero-order chi connectivity index (χ0) is 14.5. The van der Waals surface area contributed by atoms with E-state index in [1.165, 1.54) is 18.4 Å². The summed E-state index contributed by atoms with van der Waals surface area (Å²) < 4.78 is 6.61. The third-order valence-corrected chi connectivity index (χ3v) is 4.68. The summed E-state index contributed by atoms with van der Waals surface area (Å²) >= 11 is 3.56. The van der Waals surface area contributed by atoms with Crippen LogP contribution in [0.25, 0.3) is 0 Å². The molecule has 1 saturated heterocycles. The number of halogens is 1. The van der Waals surface area contributed by atoms with Gasteiger partial charge in [0.2, 0.25) is 0 Å². The quantitative estimate of drug-likeness (QED) is 0.908. The Balaban J connectivity index is 2.15. The van der Waals surface area contributed by atoms with E-state index in [-0.39, 0.29) is 0 Å². The van der Waals surface area contributed by atoms with Crippen molar-refractivity contribution in [1.29, 1.82) is 0 Å². The lowest BCUT2D eigenvalue weighted by Gasteiger charge is -2.29. The summed E-state index contributed by atoms with van der Waals surface area (Å²) in [6.07, 6.45) is 2.38. The molecule has 1 heterocycles. The molecule has 20 heavy (non-hydrogen) atoms. The third kappa shape index (κ3) is 3.96. The first-order valence-corrected chi connectivity index (χ1v) is 8.23. The van der Waals surface area contributed by atoms with Gasteiger partial charge in [0, 0.05) is 35.2 Å². The van der Waals surface area contributed by atoms with Crippen LogP contribution in [0.2, 0.25) is 0 Å². The Morgan fingerprint density at radius 2 is 2.25 bits per heavy atom. The summed E-state index contributed by atoms with van der Waals surface area (Å²) in [5.41, 5.74) is 1.26. The molecular formula is C16H25BrN2O. The first kappa shape index (κ1) is 15.8. The molecule has 2 rings (SSSR count). The highest BCUT2D eigenvalue weighted by Gasteiger charge is 2.22. The molecule has 0 aromatic heterocycles. The molecule has 2 atom stereocenters. The van der Waals surface area contributed by atoms with Crippen LogP contribution in [-0.4, -0.2) is 37.2 Å². The van der Waals surface area contributed by atoms with Crippen molar-refractivity contribution in [1.82, 2.24) is 10.2 Å². The first-order valence-electron chi connectivity index (χ1n) is 7.44. The van der Waals surface area contributed by atoms with Crippen molar-refractivity contribution < 1.29 is 4.74 Å². The maximum Gasteiger partial charge on any atom is 0.123 e. The van der Waals surface area contributed by atoms with Gasteiger partial charge in [0.1, 0.15) is 5.75 Å². The van der Waals surface area contributed by atoms with Crippen LogP contribution in [-0.2, 0) is 6.54 Å². The van der Waals surface area contributed by atoms with E-state index in [1.807, 2.05) is 12.1 Å². The molecule has 0 amide bonds. The zero-order valence-corrected chi connectivity index (χ0v) is 14.2. The minimum atomic E-state index is 0.595. The Morgan fingerprint density at radius 1 is 1.45 bits per heavy atom. The Morgan fingerprint density at radius 3 is 2.95 bits per heavy atom. The smallest absolute Gasteiger partial charge is 0.123 e. The van der Waals surface area contributed by atoms with Crippen LogP contribution in [0.5, 0.6) is 5.75 Å². The molecule has 1 fully saturated rings. The van der Waals surface area contributed by atoms with Gasteiger partial charge in [-0.25, -0.2) is 0 Å². The van der Waals surface area contributed by atoms with Gasteiger partial charge in [-0.05, 0) is 44.5 Å². The van der Waals surface area contributed by atoms with E-state index in [0.29, 0.717) is 12.1 Å². The van der Waals surface area contributed by atoms with Crippen molar-refractivity contribution in [3.8, 4) is 5.75 Å². The Labute approximate surface area is 130 Å². The number of benzene rings is 1. The van der Waals surface area contributed by atoms with Crippen molar-refractivity contribution in [2.24, 2.45) is 0 Å². The van der Waals surface area contributed by atoms with Crippen molar-refractivity contribution in [3.05, 3.63) is 28.2 Å². The molecule has 1 N–H and O–H groups in total. The topological polar surface area (TPSA) is 24.5 Å². The normalized spacial score (nSPS) is 24.4. The van der Waals surface area contributed by atoms with Crippen molar-refractivity contribution in [2.45, 2.75) is 45.3 Å². The predicted octanol–water partition coefficient (Wildman–Crippen LogP) is 3.42. The molecular weight excluding hydrogens is 316 g/mol. The summed E-state index contributed by atoms with van der Waals surface area (Å²) in [5.74, 6) is 0.977. The lowest BCUT2D eigenvalue weighted by Crippen LogP contribution is -2.39. The molecule has 1 aliphatic heterocycles. The molecule has 0 aliphatic carbocycles. The van der Waals surface area contributed by atoms with Crippen molar-refractivity contribution in [3.63, 3.8) is 0 Å². The predicted molar refractivity (Wildman–Crippen MR) is 87.3 cm³/mol. The average molecular weight is 341 g/mol. The number of hydrogen-bond acceptors (Lipinski definition) is 3. The summed E-state index contributed by atoms with van der Waals surface area (Å²) in [6.45, 7) is 7.75. The molecule has 1 aliphatic rings. The molecule has 0 bridgehead atoms. The van der Waals surface area contributed by atoms with Gasteiger partial charge in [0.15, 0.2) is 0 Å². The van der Waals surface area contributed by atoms with E-state index in [9.17, 15) is 0 Å².